The average Bonchev–Trinajstić information content (AvgIpc) is 2.75. The Hall–Kier alpha value is -1.42. The van der Waals surface area contributed by atoms with E-state index in [9.17, 15) is 0 Å². The Balaban J connectivity index is 1.83. The van der Waals surface area contributed by atoms with Crippen LogP contribution in [0, 0.1) is 13.8 Å². The van der Waals surface area contributed by atoms with E-state index in [4.69, 9.17) is 8.85 Å². The summed E-state index contributed by atoms with van der Waals surface area (Å²) in [6.07, 6.45) is 13.1. The second kappa shape index (κ2) is 9.59. The molecule has 2 aliphatic rings. The first-order valence-electron chi connectivity index (χ1n) is 11.7. The lowest BCUT2D eigenvalue weighted by Gasteiger charge is -2.41. The molecular formula is C26H36O2Si. The van der Waals surface area contributed by atoms with Gasteiger partial charge in [-0.25, -0.2) is 0 Å². The fourth-order valence-electron chi connectivity index (χ4n) is 5.15. The third-order valence-corrected chi connectivity index (χ3v) is 10.6. The van der Waals surface area contributed by atoms with Gasteiger partial charge in [-0.05, 0) is 50.7 Å². The van der Waals surface area contributed by atoms with E-state index in [1.807, 2.05) is 0 Å². The zero-order valence-electron chi connectivity index (χ0n) is 18.2. The van der Waals surface area contributed by atoms with Crippen molar-refractivity contribution >= 4 is 18.9 Å². The second-order valence-corrected chi connectivity index (χ2v) is 11.8. The molecule has 2 aromatic carbocycles. The smallest absolute Gasteiger partial charge is 0.385 e. The molecule has 0 unspecified atom stereocenters. The van der Waals surface area contributed by atoms with Crippen LogP contribution in [0.2, 0.25) is 0 Å². The summed E-state index contributed by atoms with van der Waals surface area (Å²) in [5.41, 5.74) is 2.60. The van der Waals surface area contributed by atoms with E-state index >= 15 is 0 Å². The molecule has 2 nitrogen and oxygen atoms in total. The molecule has 4 rings (SSSR count). The summed E-state index contributed by atoms with van der Waals surface area (Å²) in [5.74, 6) is 0. The van der Waals surface area contributed by atoms with E-state index in [0.29, 0.717) is 12.2 Å². The standard InChI is InChI=1S/C26H36O2Si/c1-21-13-9-11-19-25(21)29(26-20-12-10-14-22(26)2,27-23-15-5-3-6-16-23)28-24-17-7-4-8-18-24/h9-14,19-20,23-24H,3-8,15-18H2,1-2H3. The predicted octanol–water partition coefficient (Wildman–Crippen LogP) is 5.56. The van der Waals surface area contributed by atoms with Crippen molar-refractivity contribution in [1.29, 1.82) is 0 Å². The van der Waals surface area contributed by atoms with Gasteiger partial charge in [0.2, 0.25) is 0 Å². The summed E-state index contributed by atoms with van der Waals surface area (Å²) < 4.78 is 14.5. The number of rotatable bonds is 6. The molecule has 2 saturated carbocycles. The van der Waals surface area contributed by atoms with Gasteiger partial charge in [-0.1, -0.05) is 87.1 Å². The van der Waals surface area contributed by atoms with Crippen LogP contribution in [-0.4, -0.2) is 20.8 Å². The van der Waals surface area contributed by atoms with Crippen molar-refractivity contribution in [2.45, 2.75) is 90.3 Å². The van der Waals surface area contributed by atoms with Crippen LogP contribution in [0.3, 0.4) is 0 Å². The molecule has 0 radical (unpaired) electrons. The summed E-state index contributed by atoms with van der Waals surface area (Å²) in [4.78, 5) is 0. The summed E-state index contributed by atoms with van der Waals surface area (Å²) in [6.45, 7) is 4.45. The van der Waals surface area contributed by atoms with Gasteiger partial charge in [-0.3, -0.25) is 0 Å². The Morgan fingerprint density at radius 2 is 0.966 bits per heavy atom. The van der Waals surface area contributed by atoms with Gasteiger partial charge < -0.3 is 8.85 Å². The van der Waals surface area contributed by atoms with Crippen LogP contribution in [0.15, 0.2) is 48.5 Å². The van der Waals surface area contributed by atoms with Crippen LogP contribution in [0.4, 0.5) is 0 Å². The minimum absolute atomic E-state index is 0.318. The summed E-state index contributed by atoms with van der Waals surface area (Å²) in [7, 11) is -2.81. The van der Waals surface area contributed by atoms with Gasteiger partial charge in [-0.2, -0.15) is 0 Å². The molecule has 0 bridgehead atoms. The minimum atomic E-state index is -2.81. The van der Waals surface area contributed by atoms with E-state index in [1.54, 1.807) is 0 Å². The lowest BCUT2D eigenvalue weighted by Crippen LogP contribution is -2.67. The lowest BCUT2D eigenvalue weighted by atomic mass is 9.98. The number of hydrogen-bond acceptors (Lipinski definition) is 2. The van der Waals surface area contributed by atoms with Crippen LogP contribution < -0.4 is 10.4 Å². The Kier molecular flexibility index (Phi) is 6.89. The van der Waals surface area contributed by atoms with E-state index in [0.717, 1.165) is 0 Å². The highest BCUT2D eigenvalue weighted by molar-refractivity contribution is 6.93. The SMILES string of the molecule is Cc1ccccc1[Si](OC1CCCCC1)(OC1CCCCC1)c1ccccc1C. The largest absolute Gasteiger partial charge is 0.408 e. The fourth-order valence-corrected chi connectivity index (χ4v) is 9.25. The molecule has 0 aromatic heterocycles. The zero-order valence-corrected chi connectivity index (χ0v) is 19.2. The molecule has 0 atom stereocenters. The number of aryl methyl sites for hydroxylation is 2. The molecule has 29 heavy (non-hydrogen) atoms. The molecule has 2 aromatic rings. The summed E-state index contributed by atoms with van der Waals surface area (Å²) in [5, 5.41) is 2.62. The third kappa shape index (κ3) is 4.68. The molecule has 0 heterocycles. The Morgan fingerprint density at radius 3 is 1.34 bits per heavy atom. The Labute approximate surface area is 177 Å². The van der Waals surface area contributed by atoms with Crippen molar-refractivity contribution in [3.05, 3.63) is 59.7 Å². The van der Waals surface area contributed by atoms with Gasteiger partial charge in [0, 0.05) is 22.6 Å². The molecule has 0 aliphatic heterocycles. The minimum Gasteiger partial charge on any atom is -0.385 e. The maximum absolute atomic E-state index is 7.23. The Morgan fingerprint density at radius 1 is 0.586 bits per heavy atom. The van der Waals surface area contributed by atoms with Crippen molar-refractivity contribution in [1.82, 2.24) is 0 Å². The van der Waals surface area contributed by atoms with Crippen LogP contribution >= 0.6 is 0 Å². The van der Waals surface area contributed by atoms with Crippen molar-refractivity contribution < 1.29 is 8.85 Å². The van der Waals surface area contributed by atoms with Gasteiger partial charge >= 0.3 is 8.56 Å². The first-order chi connectivity index (χ1) is 14.2. The zero-order chi connectivity index (χ0) is 20.1. The van der Waals surface area contributed by atoms with E-state index in [2.05, 4.69) is 62.4 Å². The maximum Gasteiger partial charge on any atom is 0.408 e. The molecule has 0 saturated heterocycles. The molecule has 2 fully saturated rings. The first kappa shape index (κ1) is 20.8. The van der Waals surface area contributed by atoms with Gasteiger partial charge in [0.25, 0.3) is 0 Å². The highest BCUT2D eigenvalue weighted by atomic mass is 28.4. The number of hydrogen-bond donors (Lipinski definition) is 0. The molecular weight excluding hydrogens is 372 g/mol. The van der Waals surface area contributed by atoms with Crippen molar-refractivity contribution in [3.8, 4) is 0 Å². The van der Waals surface area contributed by atoms with Gasteiger partial charge in [0.05, 0.1) is 0 Å². The molecule has 0 N–H and O–H groups in total. The maximum atomic E-state index is 7.23. The van der Waals surface area contributed by atoms with Gasteiger partial charge in [-0.15, -0.1) is 0 Å². The molecule has 3 heteroatoms. The molecule has 0 spiro atoms. The average molecular weight is 409 g/mol. The quantitative estimate of drug-likeness (QED) is 0.583. The van der Waals surface area contributed by atoms with Crippen LogP contribution in [0.5, 0.6) is 0 Å². The van der Waals surface area contributed by atoms with E-state index in [1.165, 1.54) is 85.7 Å². The van der Waals surface area contributed by atoms with Gasteiger partial charge in [0.15, 0.2) is 0 Å². The molecule has 0 amide bonds. The highest BCUT2D eigenvalue weighted by Crippen LogP contribution is 2.29. The summed E-state index contributed by atoms with van der Waals surface area (Å²) in [6, 6.07) is 17.6. The first-order valence-corrected chi connectivity index (χ1v) is 13.5. The normalized spacial score (nSPS) is 19.4. The van der Waals surface area contributed by atoms with E-state index in [-0.39, 0.29) is 0 Å². The monoisotopic (exact) mass is 408 g/mol. The highest BCUT2D eigenvalue weighted by Gasteiger charge is 2.48. The molecule has 156 valence electrons. The second-order valence-electron chi connectivity index (χ2n) is 9.00. The third-order valence-electron chi connectivity index (χ3n) is 6.77. The van der Waals surface area contributed by atoms with Crippen LogP contribution in [0.1, 0.15) is 75.3 Å². The van der Waals surface area contributed by atoms with Crippen molar-refractivity contribution in [3.63, 3.8) is 0 Å². The van der Waals surface area contributed by atoms with Crippen LogP contribution in [0.25, 0.3) is 0 Å². The summed E-state index contributed by atoms with van der Waals surface area (Å²) >= 11 is 0. The van der Waals surface area contributed by atoms with Crippen LogP contribution in [-0.2, 0) is 8.85 Å². The fraction of sp³-hybridized carbons (Fsp3) is 0.538. The Bertz CT molecular complexity index is 723. The van der Waals surface area contributed by atoms with E-state index < -0.39 is 8.56 Å². The predicted molar refractivity (Wildman–Crippen MR) is 123 cm³/mol. The van der Waals surface area contributed by atoms with Crippen molar-refractivity contribution in [2.24, 2.45) is 0 Å². The van der Waals surface area contributed by atoms with Gasteiger partial charge in [0.1, 0.15) is 0 Å². The lowest BCUT2D eigenvalue weighted by molar-refractivity contribution is 0.0617. The molecule has 2 aliphatic carbocycles. The topological polar surface area (TPSA) is 18.5 Å². The van der Waals surface area contributed by atoms with Crippen molar-refractivity contribution in [2.75, 3.05) is 0 Å². The number of benzene rings is 2.